The average molecular weight is 239 g/mol. The van der Waals surface area contributed by atoms with E-state index in [0.29, 0.717) is 0 Å². The second kappa shape index (κ2) is 6.36. The van der Waals surface area contributed by atoms with Gasteiger partial charge in [-0.15, -0.1) is 0 Å². The lowest BCUT2D eigenvalue weighted by Crippen LogP contribution is -2.14. The monoisotopic (exact) mass is 239 g/mol. The predicted octanol–water partition coefficient (Wildman–Crippen LogP) is 3.56. The van der Waals surface area contributed by atoms with Crippen LogP contribution >= 0.6 is 11.8 Å². The molecule has 0 unspecified atom stereocenters. The summed E-state index contributed by atoms with van der Waals surface area (Å²) in [6.45, 7) is 3.12. The fraction of sp³-hybridized carbons (Fsp3) is 0.692. The molecule has 1 aliphatic rings. The number of hydrogen-bond donors (Lipinski definition) is 1. The molecule has 1 N–H and O–H groups in total. The Kier molecular flexibility index (Phi) is 4.79. The van der Waals surface area contributed by atoms with Crippen LogP contribution in [0.15, 0.2) is 16.5 Å². The number of hydrogen-bond acceptors (Lipinski definition) is 3. The summed E-state index contributed by atoms with van der Waals surface area (Å²) in [5.41, 5.74) is 0. The Hall–Kier alpha value is -0.410. The van der Waals surface area contributed by atoms with Gasteiger partial charge in [0.2, 0.25) is 0 Å². The minimum absolute atomic E-state index is 0.757. The van der Waals surface area contributed by atoms with Crippen molar-refractivity contribution in [3.63, 3.8) is 0 Å². The van der Waals surface area contributed by atoms with Crippen molar-refractivity contribution in [2.24, 2.45) is 0 Å². The standard InChI is InChI=1S/C13H21NOS/c1-2-3-8-16-10-13-7-6-12(15-13)9-14-11-4-5-11/h6-7,11,14H,2-5,8-10H2,1H3. The second-order valence-corrected chi connectivity index (χ2v) is 5.53. The molecule has 16 heavy (non-hydrogen) atoms. The van der Waals surface area contributed by atoms with Gasteiger partial charge in [-0.3, -0.25) is 0 Å². The zero-order chi connectivity index (χ0) is 11.2. The zero-order valence-electron chi connectivity index (χ0n) is 10.00. The summed E-state index contributed by atoms with van der Waals surface area (Å²) in [7, 11) is 0. The van der Waals surface area contributed by atoms with Gasteiger partial charge in [-0.2, -0.15) is 11.8 Å². The molecule has 1 fully saturated rings. The molecule has 0 atom stereocenters. The minimum atomic E-state index is 0.757. The van der Waals surface area contributed by atoms with Gasteiger partial charge in [0.1, 0.15) is 11.5 Å². The first-order valence-electron chi connectivity index (χ1n) is 6.27. The van der Waals surface area contributed by atoms with Gasteiger partial charge in [-0.05, 0) is 37.1 Å². The molecule has 0 aromatic carbocycles. The molecule has 1 aliphatic carbocycles. The minimum Gasteiger partial charge on any atom is -0.464 e. The highest BCUT2D eigenvalue weighted by molar-refractivity contribution is 7.98. The van der Waals surface area contributed by atoms with Crippen LogP contribution in [-0.4, -0.2) is 11.8 Å². The van der Waals surface area contributed by atoms with Crippen molar-refractivity contribution in [1.82, 2.24) is 5.32 Å². The van der Waals surface area contributed by atoms with Crippen molar-refractivity contribution in [2.75, 3.05) is 5.75 Å². The first kappa shape index (κ1) is 12.1. The molecule has 90 valence electrons. The van der Waals surface area contributed by atoms with Crippen LogP contribution in [0.25, 0.3) is 0 Å². The normalized spacial score (nSPS) is 15.6. The molecule has 2 nitrogen and oxygen atoms in total. The van der Waals surface area contributed by atoms with Gasteiger partial charge in [0.25, 0.3) is 0 Å². The third-order valence-electron chi connectivity index (χ3n) is 2.75. The second-order valence-electron chi connectivity index (χ2n) is 4.43. The van der Waals surface area contributed by atoms with Crippen molar-refractivity contribution in [3.05, 3.63) is 23.7 Å². The number of thioether (sulfide) groups is 1. The summed E-state index contributed by atoms with van der Waals surface area (Å²) < 4.78 is 5.76. The Balaban J connectivity index is 1.64. The number of unbranched alkanes of at least 4 members (excludes halogenated alkanes) is 1. The van der Waals surface area contributed by atoms with E-state index in [2.05, 4.69) is 24.4 Å². The fourth-order valence-electron chi connectivity index (χ4n) is 1.55. The summed E-state index contributed by atoms with van der Waals surface area (Å²) in [6.07, 6.45) is 5.25. The average Bonchev–Trinajstić information content (AvgIpc) is 3.02. The van der Waals surface area contributed by atoms with Crippen molar-refractivity contribution >= 4 is 11.8 Å². The number of furan rings is 1. The molecule has 0 saturated heterocycles. The molecule has 0 bridgehead atoms. The molecule has 1 saturated carbocycles. The van der Waals surface area contributed by atoms with Crippen molar-refractivity contribution < 1.29 is 4.42 Å². The summed E-state index contributed by atoms with van der Waals surface area (Å²) in [6, 6.07) is 4.97. The third kappa shape index (κ3) is 4.22. The van der Waals surface area contributed by atoms with Gasteiger partial charge in [0, 0.05) is 6.04 Å². The Bertz CT molecular complexity index is 307. The van der Waals surface area contributed by atoms with Gasteiger partial charge < -0.3 is 9.73 Å². The summed E-state index contributed by atoms with van der Waals surface area (Å²) in [5.74, 6) is 4.46. The maximum Gasteiger partial charge on any atom is 0.118 e. The molecule has 0 aliphatic heterocycles. The van der Waals surface area contributed by atoms with Crippen LogP contribution in [0, 0.1) is 0 Å². The Morgan fingerprint density at radius 2 is 2.19 bits per heavy atom. The van der Waals surface area contributed by atoms with E-state index in [9.17, 15) is 0 Å². The van der Waals surface area contributed by atoms with Crippen molar-refractivity contribution in [1.29, 1.82) is 0 Å². The zero-order valence-corrected chi connectivity index (χ0v) is 10.8. The molecule has 0 spiro atoms. The Morgan fingerprint density at radius 1 is 1.38 bits per heavy atom. The van der Waals surface area contributed by atoms with Crippen LogP contribution in [0.2, 0.25) is 0 Å². The van der Waals surface area contributed by atoms with Crippen LogP contribution in [0.3, 0.4) is 0 Å². The first-order chi connectivity index (χ1) is 7.88. The largest absolute Gasteiger partial charge is 0.464 e. The quantitative estimate of drug-likeness (QED) is 0.702. The Morgan fingerprint density at radius 3 is 2.94 bits per heavy atom. The first-order valence-corrected chi connectivity index (χ1v) is 7.42. The molecule has 0 radical (unpaired) electrons. The molecule has 2 rings (SSSR count). The van der Waals surface area contributed by atoms with E-state index in [4.69, 9.17) is 4.42 Å². The van der Waals surface area contributed by atoms with Gasteiger partial charge in [-0.1, -0.05) is 13.3 Å². The molecular weight excluding hydrogens is 218 g/mol. The lowest BCUT2D eigenvalue weighted by molar-refractivity contribution is 0.458. The van der Waals surface area contributed by atoms with Gasteiger partial charge in [-0.25, -0.2) is 0 Å². The van der Waals surface area contributed by atoms with E-state index >= 15 is 0 Å². The van der Waals surface area contributed by atoms with Gasteiger partial charge >= 0.3 is 0 Å². The maximum absolute atomic E-state index is 5.76. The van der Waals surface area contributed by atoms with Crippen LogP contribution in [0.4, 0.5) is 0 Å². The van der Waals surface area contributed by atoms with Crippen LogP contribution < -0.4 is 5.32 Å². The fourth-order valence-corrected chi connectivity index (χ4v) is 2.54. The topological polar surface area (TPSA) is 25.2 Å². The van der Waals surface area contributed by atoms with E-state index in [1.54, 1.807) is 0 Å². The Labute approximate surface area is 102 Å². The maximum atomic E-state index is 5.76. The van der Waals surface area contributed by atoms with Gasteiger partial charge in [0.15, 0.2) is 0 Å². The molecule has 0 amide bonds. The molecular formula is C13H21NOS. The lowest BCUT2D eigenvalue weighted by atomic mass is 10.4. The van der Waals surface area contributed by atoms with Crippen LogP contribution in [-0.2, 0) is 12.3 Å². The number of nitrogens with one attached hydrogen (secondary N) is 1. The lowest BCUT2D eigenvalue weighted by Gasteiger charge is -1.99. The highest BCUT2D eigenvalue weighted by Crippen LogP contribution is 2.20. The highest BCUT2D eigenvalue weighted by atomic mass is 32.2. The van der Waals surface area contributed by atoms with E-state index in [1.807, 2.05) is 11.8 Å². The molecule has 1 aromatic rings. The molecule has 1 aromatic heterocycles. The van der Waals surface area contributed by atoms with E-state index < -0.39 is 0 Å². The van der Waals surface area contributed by atoms with Crippen molar-refractivity contribution in [2.45, 2.75) is 50.9 Å². The SMILES string of the molecule is CCCCSCc1ccc(CNC2CC2)o1. The molecule has 3 heteroatoms. The smallest absolute Gasteiger partial charge is 0.118 e. The summed E-state index contributed by atoms with van der Waals surface area (Å²) >= 11 is 1.97. The van der Waals surface area contributed by atoms with Crippen LogP contribution in [0.5, 0.6) is 0 Å². The number of rotatable bonds is 8. The van der Waals surface area contributed by atoms with E-state index in [0.717, 1.165) is 29.9 Å². The van der Waals surface area contributed by atoms with Crippen molar-refractivity contribution in [3.8, 4) is 0 Å². The van der Waals surface area contributed by atoms with E-state index in [1.165, 1.54) is 31.4 Å². The van der Waals surface area contributed by atoms with E-state index in [-0.39, 0.29) is 0 Å². The summed E-state index contributed by atoms with van der Waals surface area (Å²) in [4.78, 5) is 0. The predicted molar refractivity (Wildman–Crippen MR) is 69.6 cm³/mol. The summed E-state index contributed by atoms with van der Waals surface area (Å²) in [5, 5.41) is 3.46. The van der Waals surface area contributed by atoms with Crippen LogP contribution in [0.1, 0.15) is 44.1 Å². The van der Waals surface area contributed by atoms with Gasteiger partial charge in [0.05, 0.1) is 12.3 Å². The highest BCUT2D eigenvalue weighted by Gasteiger charge is 2.20. The third-order valence-corrected chi connectivity index (χ3v) is 3.81. The molecule has 1 heterocycles.